The Kier molecular flexibility index (Phi) is 4.29. The lowest BCUT2D eigenvalue weighted by Crippen LogP contribution is -2.17. The van der Waals surface area contributed by atoms with Gasteiger partial charge in [-0.15, -0.1) is 24.5 Å². The molecule has 0 saturated carbocycles. The van der Waals surface area contributed by atoms with Gasteiger partial charge in [-0.25, -0.2) is 4.98 Å². The largest absolute Gasteiger partial charge is 0.573 e. The second kappa shape index (κ2) is 5.80. The Hall–Kier alpha value is -1.60. The molecular formula is C13H12F3NO2S. The summed E-state index contributed by atoms with van der Waals surface area (Å²) in [4.78, 5) is 4.81. The number of aliphatic hydroxyl groups is 1. The molecular weight excluding hydrogens is 291 g/mol. The quantitative estimate of drug-likeness (QED) is 0.938. The SMILES string of the molecule is Cc1ncsc1C(O)Cc1ccc(OC(F)(F)F)cc1. The smallest absolute Gasteiger partial charge is 0.406 e. The van der Waals surface area contributed by atoms with Gasteiger partial charge in [-0.05, 0) is 24.6 Å². The number of benzene rings is 1. The Morgan fingerprint density at radius 2 is 1.95 bits per heavy atom. The highest BCUT2D eigenvalue weighted by Gasteiger charge is 2.30. The summed E-state index contributed by atoms with van der Waals surface area (Å²) in [5.74, 6) is -0.273. The zero-order chi connectivity index (χ0) is 14.8. The van der Waals surface area contributed by atoms with Gasteiger partial charge < -0.3 is 9.84 Å². The fourth-order valence-electron chi connectivity index (χ4n) is 1.77. The van der Waals surface area contributed by atoms with Crippen molar-refractivity contribution in [3.8, 4) is 5.75 Å². The van der Waals surface area contributed by atoms with Gasteiger partial charge in [-0.3, -0.25) is 0 Å². The summed E-state index contributed by atoms with van der Waals surface area (Å²) >= 11 is 1.35. The zero-order valence-electron chi connectivity index (χ0n) is 10.5. The molecule has 0 fully saturated rings. The van der Waals surface area contributed by atoms with E-state index in [4.69, 9.17) is 0 Å². The lowest BCUT2D eigenvalue weighted by molar-refractivity contribution is -0.274. The van der Waals surface area contributed by atoms with E-state index >= 15 is 0 Å². The van der Waals surface area contributed by atoms with Crippen molar-refractivity contribution in [1.29, 1.82) is 0 Å². The van der Waals surface area contributed by atoms with Gasteiger partial charge in [0.15, 0.2) is 0 Å². The van der Waals surface area contributed by atoms with Gasteiger partial charge in [-0.1, -0.05) is 12.1 Å². The average Bonchev–Trinajstić information content (AvgIpc) is 2.76. The fraction of sp³-hybridized carbons (Fsp3) is 0.308. The van der Waals surface area contributed by atoms with Crippen LogP contribution in [-0.2, 0) is 6.42 Å². The van der Waals surface area contributed by atoms with Crippen molar-refractivity contribution >= 4 is 11.3 Å². The molecule has 1 atom stereocenters. The van der Waals surface area contributed by atoms with Crippen LogP contribution in [0.5, 0.6) is 5.75 Å². The van der Waals surface area contributed by atoms with Crippen LogP contribution >= 0.6 is 11.3 Å². The number of nitrogens with zero attached hydrogens (tertiary/aromatic N) is 1. The molecule has 1 aromatic heterocycles. The third kappa shape index (κ3) is 3.94. The summed E-state index contributed by atoms with van der Waals surface area (Å²) < 4.78 is 39.8. The minimum absolute atomic E-state index is 0.273. The number of hydrogen-bond acceptors (Lipinski definition) is 4. The Bertz CT molecular complexity index is 566. The predicted octanol–water partition coefficient (Wildman–Crippen LogP) is 3.63. The Balaban J connectivity index is 2.02. The molecule has 3 nitrogen and oxygen atoms in total. The maximum absolute atomic E-state index is 12.0. The highest BCUT2D eigenvalue weighted by molar-refractivity contribution is 7.09. The summed E-state index contributed by atoms with van der Waals surface area (Å²) in [6.45, 7) is 1.80. The fourth-order valence-corrected chi connectivity index (χ4v) is 2.56. The van der Waals surface area contributed by atoms with E-state index in [9.17, 15) is 18.3 Å². The Morgan fingerprint density at radius 3 is 2.45 bits per heavy atom. The molecule has 0 aliphatic rings. The lowest BCUT2D eigenvalue weighted by Gasteiger charge is -2.11. The third-order valence-electron chi connectivity index (χ3n) is 2.67. The highest BCUT2D eigenvalue weighted by atomic mass is 32.1. The topological polar surface area (TPSA) is 42.4 Å². The van der Waals surface area contributed by atoms with E-state index in [1.807, 2.05) is 0 Å². The van der Waals surface area contributed by atoms with Crippen molar-refractivity contribution in [1.82, 2.24) is 4.98 Å². The normalized spacial score (nSPS) is 13.2. The van der Waals surface area contributed by atoms with E-state index in [1.165, 1.54) is 35.6 Å². The first-order valence-electron chi connectivity index (χ1n) is 5.78. The molecule has 1 N–H and O–H groups in total. The van der Waals surface area contributed by atoms with Crippen molar-refractivity contribution < 1.29 is 23.0 Å². The summed E-state index contributed by atoms with van der Waals surface area (Å²) in [6, 6.07) is 5.46. The van der Waals surface area contributed by atoms with Crippen LogP contribution in [0.3, 0.4) is 0 Å². The monoisotopic (exact) mass is 303 g/mol. The van der Waals surface area contributed by atoms with Crippen LogP contribution in [0.15, 0.2) is 29.8 Å². The van der Waals surface area contributed by atoms with Crippen LogP contribution in [0.4, 0.5) is 13.2 Å². The molecule has 0 aliphatic heterocycles. The number of aliphatic hydroxyl groups excluding tert-OH is 1. The van der Waals surface area contributed by atoms with Crippen LogP contribution in [0.2, 0.25) is 0 Å². The lowest BCUT2D eigenvalue weighted by atomic mass is 10.1. The molecule has 1 heterocycles. The van der Waals surface area contributed by atoms with Gasteiger partial charge in [0.1, 0.15) is 5.75 Å². The third-order valence-corrected chi connectivity index (χ3v) is 3.70. The van der Waals surface area contributed by atoms with Crippen LogP contribution < -0.4 is 4.74 Å². The number of thiazole rings is 1. The summed E-state index contributed by atoms with van der Waals surface area (Å²) in [5, 5.41) is 10.1. The van der Waals surface area contributed by atoms with Gasteiger partial charge in [0.25, 0.3) is 0 Å². The van der Waals surface area contributed by atoms with E-state index in [2.05, 4.69) is 9.72 Å². The number of alkyl halides is 3. The molecule has 0 amide bonds. The number of aryl methyl sites for hydroxylation is 1. The van der Waals surface area contributed by atoms with E-state index in [0.29, 0.717) is 6.42 Å². The first kappa shape index (κ1) is 14.8. The second-order valence-electron chi connectivity index (χ2n) is 4.21. The van der Waals surface area contributed by atoms with Gasteiger partial charge in [0.2, 0.25) is 0 Å². The number of halogens is 3. The van der Waals surface area contributed by atoms with Crippen LogP contribution in [-0.4, -0.2) is 16.5 Å². The summed E-state index contributed by atoms with van der Waals surface area (Å²) in [7, 11) is 0. The van der Waals surface area contributed by atoms with E-state index < -0.39 is 12.5 Å². The summed E-state index contributed by atoms with van der Waals surface area (Å²) in [6.07, 6.45) is -5.09. The van der Waals surface area contributed by atoms with Crippen LogP contribution in [0.1, 0.15) is 22.2 Å². The molecule has 0 bridgehead atoms. The number of aromatic nitrogens is 1. The number of ether oxygens (including phenoxy) is 1. The molecule has 2 aromatic rings. The number of hydrogen-bond donors (Lipinski definition) is 1. The molecule has 0 radical (unpaired) electrons. The van der Waals surface area contributed by atoms with Crippen LogP contribution in [0.25, 0.3) is 0 Å². The van der Waals surface area contributed by atoms with Gasteiger partial charge in [0, 0.05) is 6.42 Å². The van der Waals surface area contributed by atoms with E-state index in [0.717, 1.165) is 16.1 Å². The van der Waals surface area contributed by atoms with Crippen molar-refractivity contribution in [3.05, 3.63) is 45.9 Å². The molecule has 0 aliphatic carbocycles. The molecule has 2 rings (SSSR count). The second-order valence-corrected chi connectivity index (χ2v) is 5.10. The van der Waals surface area contributed by atoms with Crippen molar-refractivity contribution in [2.24, 2.45) is 0 Å². The summed E-state index contributed by atoms with van der Waals surface area (Å²) in [5.41, 5.74) is 3.13. The average molecular weight is 303 g/mol. The molecule has 1 unspecified atom stereocenters. The Morgan fingerprint density at radius 1 is 1.30 bits per heavy atom. The predicted molar refractivity (Wildman–Crippen MR) is 68.6 cm³/mol. The maximum atomic E-state index is 12.0. The van der Waals surface area contributed by atoms with E-state index in [-0.39, 0.29) is 5.75 Å². The molecule has 1 aromatic carbocycles. The van der Waals surface area contributed by atoms with Crippen molar-refractivity contribution in [2.75, 3.05) is 0 Å². The van der Waals surface area contributed by atoms with E-state index in [1.54, 1.807) is 12.4 Å². The standard InChI is InChI=1S/C13H12F3NO2S/c1-8-12(20-7-17-8)11(18)6-9-2-4-10(5-3-9)19-13(14,15)16/h2-5,7,11,18H,6H2,1H3. The first-order valence-corrected chi connectivity index (χ1v) is 6.66. The maximum Gasteiger partial charge on any atom is 0.573 e. The zero-order valence-corrected chi connectivity index (χ0v) is 11.3. The minimum Gasteiger partial charge on any atom is -0.406 e. The minimum atomic E-state index is -4.69. The molecule has 0 saturated heterocycles. The van der Waals surface area contributed by atoms with Gasteiger partial charge >= 0.3 is 6.36 Å². The van der Waals surface area contributed by atoms with Crippen molar-refractivity contribution in [2.45, 2.75) is 25.8 Å². The molecule has 7 heteroatoms. The molecule has 0 spiro atoms. The van der Waals surface area contributed by atoms with Gasteiger partial charge in [0.05, 0.1) is 22.2 Å². The molecule has 108 valence electrons. The number of rotatable bonds is 4. The van der Waals surface area contributed by atoms with Gasteiger partial charge in [-0.2, -0.15) is 0 Å². The van der Waals surface area contributed by atoms with Crippen LogP contribution in [0, 0.1) is 6.92 Å². The highest BCUT2D eigenvalue weighted by Crippen LogP contribution is 2.27. The van der Waals surface area contributed by atoms with Crippen molar-refractivity contribution in [3.63, 3.8) is 0 Å². The first-order chi connectivity index (χ1) is 9.35. The Labute approximate surface area is 117 Å². The molecule has 20 heavy (non-hydrogen) atoms.